The SMILES string of the molecule is CCOc1ccc2nc(N3CCN(CCNC(=O)c4cc(-c5cccs5)nc5ccccc45)CC3)sc2c1. The van der Waals surface area contributed by atoms with Crippen LogP contribution >= 0.6 is 22.7 Å². The van der Waals surface area contributed by atoms with Crippen LogP contribution in [0.3, 0.4) is 0 Å². The van der Waals surface area contributed by atoms with Crippen LogP contribution in [-0.4, -0.2) is 66.7 Å². The molecule has 4 heterocycles. The van der Waals surface area contributed by atoms with E-state index in [0.29, 0.717) is 18.7 Å². The van der Waals surface area contributed by atoms with E-state index in [1.807, 2.05) is 66.9 Å². The number of fused-ring (bicyclic) bond motifs is 2. The number of carbonyl (C=O) groups excluding carboxylic acids is 1. The third-order valence-electron chi connectivity index (χ3n) is 6.75. The predicted octanol–water partition coefficient (Wildman–Crippen LogP) is 5.52. The molecule has 0 radical (unpaired) electrons. The first kappa shape index (κ1) is 24.8. The van der Waals surface area contributed by atoms with E-state index in [2.05, 4.69) is 21.2 Å². The lowest BCUT2D eigenvalue weighted by Crippen LogP contribution is -2.48. The quantitative estimate of drug-likeness (QED) is 0.278. The van der Waals surface area contributed by atoms with E-state index < -0.39 is 0 Å². The van der Waals surface area contributed by atoms with Crippen molar-refractivity contribution in [2.24, 2.45) is 0 Å². The first-order valence-corrected chi connectivity index (χ1v) is 14.6. The molecule has 1 aliphatic rings. The molecular weight excluding hydrogens is 514 g/mol. The van der Waals surface area contributed by atoms with Crippen LogP contribution in [0, 0.1) is 0 Å². The van der Waals surface area contributed by atoms with Crippen molar-refractivity contribution < 1.29 is 9.53 Å². The molecular formula is C29H29N5O2S2. The number of para-hydroxylation sites is 1. The second-order valence-corrected chi connectivity index (χ2v) is 11.1. The van der Waals surface area contributed by atoms with Crippen molar-refractivity contribution in [3.05, 3.63) is 71.6 Å². The second-order valence-electron chi connectivity index (χ2n) is 9.19. The summed E-state index contributed by atoms with van der Waals surface area (Å²) < 4.78 is 6.79. The van der Waals surface area contributed by atoms with E-state index in [4.69, 9.17) is 14.7 Å². The van der Waals surface area contributed by atoms with Gasteiger partial charge in [-0.3, -0.25) is 9.69 Å². The molecule has 1 amide bonds. The molecule has 3 aromatic heterocycles. The zero-order valence-corrected chi connectivity index (χ0v) is 22.9. The van der Waals surface area contributed by atoms with Gasteiger partial charge in [-0.05, 0) is 48.7 Å². The van der Waals surface area contributed by atoms with Crippen molar-refractivity contribution in [2.45, 2.75) is 6.92 Å². The number of nitrogens with one attached hydrogen (secondary N) is 1. The molecule has 0 spiro atoms. The Hall–Kier alpha value is -3.53. The van der Waals surface area contributed by atoms with Crippen molar-refractivity contribution in [1.29, 1.82) is 0 Å². The Balaban J connectivity index is 1.05. The van der Waals surface area contributed by atoms with Gasteiger partial charge in [-0.15, -0.1) is 11.3 Å². The molecule has 194 valence electrons. The summed E-state index contributed by atoms with van der Waals surface area (Å²) in [4.78, 5) is 28.7. The van der Waals surface area contributed by atoms with Gasteiger partial charge in [0.15, 0.2) is 5.13 Å². The highest BCUT2D eigenvalue weighted by Crippen LogP contribution is 2.32. The molecule has 7 nitrogen and oxygen atoms in total. The third-order valence-corrected chi connectivity index (χ3v) is 8.72. The molecule has 0 atom stereocenters. The lowest BCUT2D eigenvalue weighted by atomic mass is 10.1. The molecule has 2 aromatic carbocycles. The van der Waals surface area contributed by atoms with Gasteiger partial charge in [0.05, 0.1) is 38.5 Å². The number of thiophene rings is 1. The van der Waals surface area contributed by atoms with Crippen LogP contribution in [-0.2, 0) is 0 Å². The zero-order chi connectivity index (χ0) is 25.9. The standard InChI is InChI=1S/C29H29N5O2S2/c1-2-36-20-9-10-24-27(18-20)38-29(32-24)34-15-13-33(14-16-34)12-11-30-28(35)22-19-25(26-8-5-17-37-26)31-23-7-4-3-6-21(22)23/h3-10,17-19H,2,11-16H2,1H3,(H,30,35). The number of amides is 1. The number of anilines is 1. The lowest BCUT2D eigenvalue weighted by Gasteiger charge is -2.34. The summed E-state index contributed by atoms with van der Waals surface area (Å²) in [5.74, 6) is 0.838. The Bertz CT molecular complexity index is 1560. The van der Waals surface area contributed by atoms with Gasteiger partial charge in [-0.1, -0.05) is 35.6 Å². The van der Waals surface area contributed by atoms with Crippen molar-refractivity contribution >= 4 is 54.8 Å². The Kier molecular flexibility index (Phi) is 7.22. The number of benzene rings is 2. The van der Waals surface area contributed by atoms with Gasteiger partial charge in [0.2, 0.25) is 0 Å². The maximum Gasteiger partial charge on any atom is 0.252 e. The fourth-order valence-corrected chi connectivity index (χ4v) is 6.52. The van der Waals surface area contributed by atoms with Crippen LogP contribution in [0.1, 0.15) is 17.3 Å². The predicted molar refractivity (Wildman–Crippen MR) is 157 cm³/mol. The highest BCUT2D eigenvalue weighted by molar-refractivity contribution is 7.22. The second kappa shape index (κ2) is 11.1. The van der Waals surface area contributed by atoms with Crippen molar-refractivity contribution in [3.8, 4) is 16.3 Å². The third kappa shape index (κ3) is 5.22. The minimum atomic E-state index is -0.0547. The summed E-state index contributed by atoms with van der Waals surface area (Å²) in [5, 5.41) is 7.12. The summed E-state index contributed by atoms with van der Waals surface area (Å²) in [6.07, 6.45) is 0. The van der Waals surface area contributed by atoms with Crippen LogP contribution in [0.2, 0.25) is 0 Å². The Morgan fingerprint density at radius 2 is 1.87 bits per heavy atom. The Morgan fingerprint density at radius 3 is 2.68 bits per heavy atom. The molecule has 9 heteroatoms. The number of nitrogens with zero attached hydrogens (tertiary/aromatic N) is 4. The summed E-state index contributed by atoms with van der Waals surface area (Å²) in [5.41, 5.74) is 3.36. The molecule has 0 unspecified atom stereocenters. The number of hydrogen-bond donors (Lipinski definition) is 1. The number of ether oxygens (including phenoxy) is 1. The van der Waals surface area contributed by atoms with Crippen molar-refractivity contribution in [3.63, 3.8) is 0 Å². The van der Waals surface area contributed by atoms with Crippen LogP contribution in [0.15, 0.2) is 66.0 Å². The van der Waals surface area contributed by atoms with Gasteiger partial charge in [0.25, 0.3) is 5.91 Å². The largest absolute Gasteiger partial charge is 0.494 e. The Morgan fingerprint density at radius 1 is 1.00 bits per heavy atom. The van der Waals surface area contributed by atoms with E-state index in [1.54, 1.807) is 22.7 Å². The van der Waals surface area contributed by atoms with E-state index in [-0.39, 0.29) is 5.91 Å². The maximum absolute atomic E-state index is 13.2. The van der Waals surface area contributed by atoms with Crippen molar-refractivity contribution in [1.82, 2.24) is 20.2 Å². The number of rotatable bonds is 8. The molecule has 0 saturated carbocycles. The minimum absolute atomic E-state index is 0.0547. The van der Waals surface area contributed by atoms with Crippen molar-refractivity contribution in [2.75, 3.05) is 50.8 Å². The van der Waals surface area contributed by atoms with E-state index in [0.717, 1.165) is 75.3 Å². The number of thiazole rings is 1. The smallest absolute Gasteiger partial charge is 0.252 e. The highest BCUT2D eigenvalue weighted by Gasteiger charge is 2.20. The number of hydrogen-bond acceptors (Lipinski definition) is 8. The maximum atomic E-state index is 13.2. The summed E-state index contributed by atoms with van der Waals surface area (Å²) in [7, 11) is 0. The fourth-order valence-electron chi connectivity index (χ4n) is 4.78. The normalized spacial score (nSPS) is 14.3. The monoisotopic (exact) mass is 543 g/mol. The van der Waals surface area contributed by atoms with Gasteiger partial charge in [0, 0.05) is 44.7 Å². The zero-order valence-electron chi connectivity index (χ0n) is 21.2. The van der Waals surface area contributed by atoms with Gasteiger partial charge in [-0.25, -0.2) is 9.97 Å². The number of aromatic nitrogens is 2. The van der Waals surface area contributed by atoms with Gasteiger partial charge in [-0.2, -0.15) is 0 Å². The van der Waals surface area contributed by atoms with Gasteiger partial charge >= 0.3 is 0 Å². The summed E-state index contributed by atoms with van der Waals surface area (Å²) in [6, 6.07) is 19.9. The average Bonchev–Trinajstić information content (AvgIpc) is 3.63. The molecule has 5 aromatic rings. The summed E-state index contributed by atoms with van der Waals surface area (Å²) >= 11 is 3.35. The summed E-state index contributed by atoms with van der Waals surface area (Å²) in [6.45, 7) is 7.80. The van der Waals surface area contributed by atoms with E-state index in [9.17, 15) is 4.79 Å². The number of piperazine rings is 1. The molecule has 6 rings (SSSR count). The van der Waals surface area contributed by atoms with Crippen LogP contribution in [0.25, 0.3) is 31.7 Å². The molecule has 1 aliphatic heterocycles. The minimum Gasteiger partial charge on any atom is -0.494 e. The topological polar surface area (TPSA) is 70.6 Å². The van der Waals surface area contributed by atoms with Crippen LogP contribution in [0.4, 0.5) is 5.13 Å². The Labute approximate surface area is 229 Å². The lowest BCUT2D eigenvalue weighted by molar-refractivity contribution is 0.0949. The highest BCUT2D eigenvalue weighted by atomic mass is 32.1. The average molecular weight is 544 g/mol. The van der Waals surface area contributed by atoms with E-state index >= 15 is 0 Å². The van der Waals surface area contributed by atoms with Gasteiger partial charge in [0.1, 0.15) is 5.75 Å². The molecule has 0 aliphatic carbocycles. The number of carbonyl (C=O) groups is 1. The number of pyridine rings is 1. The molecule has 0 bridgehead atoms. The van der Waals surface area contributed by atoms with Crippen LogP contribution < -0.4 is 15.0 Å². The molecule has 1 saturated heterocycles. The molecule has 1 N–H and O–H groups in total. The van der Waals surface area contributed by atoms with Crippen LogP contribution in [0.5, 0.6) is 5.75 Å². The molecule has 1 fully saturated rings. The fraction of sp³-hybridized carbons (Fsp3) is 0.276. The van der Waals surface area contributed by atoms with E-state index in [1.165, 1.54) is 0 Å². The first-order valence-electron chi connectivity index (χ1n) is 12.9. The molecule has 38 heavy (non-hydrogen) atoms. The van der Waals surface area contributed by atoms with Gasteiger partial charge < -0.3 is 15.0 Å². The first-order chi connectivity index (χ1) is 18.7.